The molecule has 6 heteroatoms. The number of carbonyl (C=O) groups is 2. The van der Waals surface area contributed by atoms with Crippen LogP contribution in [0.4, 0.5) is 0 Å². The predicted molar refractivity (Wildman–Crippen MR) is 128 cm³/mol. The normalized spacial score (nSPS) is 14.6. The molecule has 2 heterocycles. The summed E-state index contributed by atoms with van der Waals surface area (Å²) in [5.41, 5.74) is 2.89. The molecule has 1 aliphatic rings. The first kappa shape index (κ1) is 22.6. The van der Waals surface area contributed by atoms with Crippen LogP contribution in [0.25, 0.3) is 6.08 Å². The molecule has 0 radical (unpaired) electrons. The van der Waals surface area contributed by atoms with Gasteiger partial charge in [-0.05, 0) is 61.3 Å². The molecule has 0 atom stereocenters. The predicted octanol–water partition coefficient (Wildman–Crippen LogP) is 4.35. The van der Waals surface area contributed by atoms with Crippen LogP contribution in [0.3, 0.4) is 0 Å². The highest BCUT2D eigenvalue weighted by Gasteiger charge is 2.17. The fraction of sp³-hybridized carbons (Fsp3) is 0.259. The Hall–Kier alpha value is -3.64. The fourth-order valence-corrected chi connectivity index (χ4v) is 3.97. The number of hydrogen-bond donors (Lipinski definition) is 2. The Morgan fingerprint density at radius 3 is 2.33 bits per heavy atom. The zero-order valence-corrected chi connectivity index (χ0v) is 18.6. The van der Waals surface area contributed by atoms with E-state index in [9.17, 15) is 9.59 Å². The van der Waals surface area contributed by atoms with Gasteiger partial charge in [0, 0.05) is 24.7 Å². The SMILES string of the molecule is O=C(NCc1ccccc1CN1CCCCC1)/C(=C/c1ccco1)NC(=O)c1ccccc1. The molecule has 2 amide bonds. The molecule has 1 saturated heterocycles. The van der Waals surface area contributed by atoms with E-state index in [-0.39, 0.29) is 17.5 Å². The number of furan rings is 1. The summed E-state index contributed by atoms with van der Waals surface area (Å²) in [6.07, 6.45) is 6.84. The van der Waals surface area contributed by atoms with Crippen molar-refractivity contribution >= 4 is 17.9 Å². The van der Waals surface area contributed by atoms with Crippen LogP contribution in [0.1, 0.15) is 46.5 Å². The van der Waals surface area contributed by atoms with E-state index < -0.39 is 0 Å². The van der Waals surface area contributed by atoms with E-state index in [1.807, 2.05) is 24.3 Å². The highest BCUT2D eigenvalue weighted by atomic mass is 16.3. The van der Waals surface area contributed by atoms with Gasteiger partial charge in [0.15, 0.2) is 0 Å². The standard InChI is InChI=1S/C27H29N3O3/c31-26(21-10-3-1-4-11-21)29-25(18-24-14-9-17-33-24)27(32)28-19-22-12-5-6-13-23(22)20-30-15-7-2-8-16-30/h1,3-6,9-14,17-18H,2,7-8,15-16,19-20H2,(H,28,32)(H,29,31)/b25-18-. The van der Waals surface area contributed by atoms with Crippen LogP contribution >= 0.6 is 0 Å². The number of rotatable bonds is 8. The van der Waals surface area contributed by atoms with Crippen LogP contribution in [-0.4, -0.2) is 29.8 Å². The van der Waals surface area contributed by atoms with E-state index in [0.717, 1.165) is 25.2 Å². The van der Waals surface area contributed by atoms with Gasteiger partial charge in [-0.2, -0.15) is 0 Å². The van der Waals surface area contributed by atoms with Crippen molar-refractivity contribution in [1.82, 2.24) is 15.5 Å². The van der Waals surface area contributed by atoms with Gasteiger partial charge in [0.1, 0.15) is 11.5 Å². The Bertz CT molecular complexity index is 1080. The molecule has 170 valence electrons. The maximum atomic E-state index is 13.1. The maximum absolute atomic E-state index is 13.1. The minimum Gasteiger partial charge on any atom is -0.465 e. The lowest BCUT2D eigenvalue weighted by atomic mass is 10.0. The monoisotopic (exact) mass is 443 g/mol. The number of nitrogens with one attached hydrogen (secondary N) is 2. The molecule has 33 heavy (non-hydrogen) atoms. The zero-order valence-electron chi connectivity index (χ0n) is 18.6. The third-order valence-electron chi connectivity index (χ3n) is 5.76. The van der Waals surface area contributed by atoms with Crippen molar-refractivity contribution in [3.8, 4) is 0 Å². The van der Waals surface area contributed by atoms with Crippen LogP contribution in [0.15, 0.2) is 83.1 Å². The molecule has 4 rings (SSSR count). The Kier molecular flexibility index (Phi) is 7.72. The Labute approximate surface area is 194 Å². The number of likely N-dealkylation sites (tertiary alicyclic amines) is 1. The maximum Gasteiger partial charge on any atom is 0.268 e. The molecule has 0 bridgehead atoms. The largest absolute Gasteiger partial charge is 0.465 e. The van der Waals surface area contributed by atoms with E-state index in [1.54, 1.807) is 36.4 Å². The second-order valence-electron chi connectivity index (χ2n) is 8.18. The van der Waals surface area contributed by atoms with Gasteiger partial charge >= 0.3 is 0 Å². The van der Waals surface area contributed by atoms with E-state index >= 15 is 0 Å². The first-order valence-corrected chi connectivity index (χ1v) is 11.4. The Morgan fingerprint density at radius 2 is 1.61 bits per heavy atom. The van der Waals surface area contributed by atoms with Gasteiger partial charge in [-0.1, -0.05) is 48.9 Å². The van der Waals surface area contributed by atoms with E-state index in [1.165, 1.54) is 37.2 Å². The Balaban J connectivity index is 1.46. The molecule has 1 aliphatic heterocycles. The minimum atomic E-state index is -0.372. The number of amides is 2. The van der Waals surface area contributed by atoms with Crippen molar-refractivity contribution in [2.75, 3.05) is 13.1 Å². The molecular formula is C27H29N3O3. The van der Waals surface area contributed by atoms with Crippen LogP contribution in [0.5, 0.6) is 0 Å². The summed E-state index contributed by atoms with van der Waals surface area (Å²) in [4.78, 5) is 28.2. The van der Waals surface area contributed by atoms with Gasteiger partial charge in [0.2, 0.25) is 0 Å². The van der Waals surface area contributed by atoms with E-state index in [0.29, 0.717) is 17.9 Å². The smallest absolute Gasteiger partial charge is 0.268 e. The van der Waals surface area contributed by atoms with Gasteiger partial charge in [0.25, 0.3) is 11.8 Å². The molecule has 0 spiro atoms. The average molecular weight is 444 g/mol. The third kappa shape index (κ3) is 6.43. The van der Waals surface area contributed by atoms with E-state index in [4.69, 9.17) is 4.42 Å². The molecule has 0 aliphatic carbocycles. The molecule has 1 aromatic heterocycles. The van der Waals surface area contributed by atoms with Crippen molar-refractivity contribution in [2.45, 2.75) is 32.4 Å². The van der Waals surface area contributed by atoms with Gasteiger partial charge < -0.3 is 15.1 Å². The molecule has 0 unspecified atom stereocenters. The van der Waals surface area contributed by atoms with Crippen LogP contribution in [0.2, 0.25) is 0 Å². The number of nitrogens with zero attached hydrogens (tertiary/aromatic N) is 1. The minimum absolute atomic E-state index is 0.132. The highest BCUT2D eigenvalue weighted by molar-refractivity contribution is 6.05. The van der Waals surface area contributed by atoms with Crippen LogP contribution < -0.4 is 10.6 Å². The van der Waals surface area contributed by atoms with Gasteiger partial charge in [-0.15, -0.1) is 0 Å². The molecule has 2 N–H and O–H groups in total. The highest BCUT2D eigenvalue weighted by Crippen LogP contribution is 2.16. The summed E-state index contributed by atoms with van der Waals surface area (Å²) in [7, 11) is 0. The van der Waals surface area contributed by atoms with Crippen molar-refractivity contribution in [3.63, 3.8) is 0 Å². The molecule has 1 fully saturated rings. The van der Waals surface area contributed by atoms with Crippen molar-refractivity contribution in [1.29, 1.82) is 0 Å². The third-order valence-corrected chi connectivity index (χ3v) is 5.76. The summed E-state index contributed by atoms with van der Waals surface area (Å²) < 4.78 is 5.35. The van der Waals surface area contributed by atoms with Crippen LogP contribution in [0, 0.1) is 0 Å². The van der Waals surface area contributed by atoms with Gasteiger partial charge in [-0.3, -0.25) is 14.5 Å². The molecule has 3 aromatic rings. The second kappa shape index (κ2) is 11.3. The van der Waals surface area contributed by atoms with Crippen molar-refractivity contribution in [2.24, 2.45) is 0 Å². The van der Waals surface area contributed by atoms with Crippen molar-refractivity contribution in [3.05, 3.63) is 101 Å². The number of carbonyl (C=O) groups excluding carboxylic acids is 2. The first-order valence-electron chi connectivity index (χ1n) is 11.4. The first-order chi connectivity index (χ1) is 16.2. The molecule has 6 nitrogen and oxygen atoms in total. The quantitative estimate of drug-likeness (QED) is 0.508. The Morgan fingerprint density at radius 1 is 0.879 bits per heavy atom. The molecular weight excluding hydrogens is 414 g/mol. The lowest BCUT2D eigenvalue weighted by molar-refractivity contribution is -0.117. The lowest BCUT2D eigenvalue weighted by Gasteiger charge is -2.27. The average Bonchev–Trinajstić information content (AvgIpc) is 3.37. The summed E-state index contributed by atoms with van der Waals surface area (Å²) in [6.45, 7) is 3.48. The molecule has 0 saturated carbocycles. The summed E-state index contributed by atoms with van der Waals surface area (Å²) in [6, 6.07) is 20.4. The van der Waals surface area contributed by atoms with Crippen LogP contribution in [-0.2, 0) is 17.9 Å². The summed E-state index contributed by atoms with van der Waals surface area (Å²) in [5, 5.41) is 5.69. The van der Waals surface area contributed by atoms with Gasteiger partial charge in [0.05, 0.1) is 6.26 Å². The summed E-state index contributed by atoms with van der Waals surface area (Å²) >= 11 is 0. The lowest BCUT2D eigenvalue weighted by Crippen LogP contribution is -2.35. The van der Waals surface area contributed by atoms with Gasteiger partial charge in [-0.25, -0.2) is 0 Å². The number of piperidine rings is 1. The molecule has 2 aromatic carbocycles. The topological polar surface area (TPSA) is 74.6 Å². The summed E-state index contributed by atoms with van der Waals surface area (Å²) in [5.74, 6) is -0.239. The number of benzene rings is 2. The fourth-order valence-electron chi connectivity index (χ4n) is 3.97. The second-order valence-corrected chi connectivity index (χ2v) is 8.18. The van der Waals surface area contributed by atoms with Crippen molar-refractivity contribution < 1.29 is 14.0 Å². The number of hydrogen-bond acceptors (Lipinski definition) is 4. The van der Waals surface area contributed by atoms with E-state index in [2.05, 4.69) is 21.6 Å². The zero-order chi connectivity index (χ0) is 22.9.